The molecule has 0 amide bonds. The zero-order valence-corrected chi connectivity index (χ0v) is 12.7. The Balaban J connectivity index is 2.68. The summed E-state index contributed by atoms with van der Waals surface area (Å²) in [5, 5.41) is 0. The van der Waals surface area contributed by atoms with Crippen LogP contribution in [-0.2, 0) is 15.5 Å². The van der Waals surface area contributed by atoms with E-state index in [9.17, 15) is 0 Å². The van der Waals surface area contributed by atoms with E-state index in [0.717, 1.165) is 24.1 Å². The minimum Gasteiger partial charge on any atom is -0.398 e. The molecule has 0 aliphatic heterocycles. The van der Waals surface area contributed by atoms with Crippen molar-refractivity contribution in [3.63, 3.8) is 0 Å². The lowest BCUT2D eigenvalue weighted by Gasteiger charge is -2.27. The summed E-state index contributed by atoms with van der Waals surface area (Å²) in [6.07, 6.45) is 2.97. The van der Waals surface area contributed by atoms with Crippen molar-refractivity contribution in [1.82, 2.24) is 0 Å². The number of hydrogen-bond donors (Lipinski definition) is 0. The Kier molecular flexibility index (Phi) is 6.33. The first-order chi connectivity index (χ1) is 8.69. The maximum absolute atomic E-state index is 6.14. The predicted octanol–water partition coefficient (Wildman–Crippen LogP) is 4.36. The average molecular weight is 264 g/mol. The van der Waals surface area contributed by atoms with E-state index in [1.54, 1.807) is 7.11 Å². The molecule has 0 saturated heterocycles. The van der Waals surface area contributed by atoms with Gasteiger partial charge in [-0.1, -0.05) is 51.1 Å². The predicted molar refractivity (Wildman–Crippen MR) is 79.7 cm³/mol. The zero-order chi connectivity index (χ0) is 13.4. The third kappa shape index (κ3) is 4.09. The fraction of sp³-hybridized carbons (Fsp3) is 0.467. The van der Waals surface area contributed by atoms with Crippen LogP contribution in [0.3, 0.4) is 0 Å². The molecular weight excluding hydrogens is 240 g/mol. The van der Waals surface area contributed by atoms with Gasteiger partial charge in [0.05, 0.1) is 6.61 Å². The van der Waals surface area contributed by atoms with Gasteiger partial charge in [0.25, 0.3) is 0 Å². The molecule has 0 aromatic heterocycles. The van der Waals surface area contributed by atoms with Crippen LogP contribution in [0.5, 0.6) is 0 Å². The quantitative estimate of drug-likeness (QED) is 0.649. The van der Waals surface area contributed by atoms with Crippen LogP contribution in [0.25, 0.3) is 6.08 Å². The van der Waals surface area contributed by atoms with E-state index >= 15 is 0 Å². The van der Waals surface area contributed by atoms with Crippen molar-refractivity contribution in [3.05, 3.63) is 42.0 Å². The van der Waals surface area contributed by atoms with Crippen molar-refractivity contribution in [1.29, 1.82) is 0 Å². The van der Waals surface area contributed by atoms with E-state index in [0.29, 0.717) is 6.61 Å². The van der Waals surface area contributed by atoms with Crippen LogP contribution in [-0.4, -0.2) is 15.7 Å². The second-order valence-corrected chi connectivity index (χ2v) is 8.18. The summed E-state index contributed by atoms with van der Waals surface area (Å²) in [6, 6.07) is 10.3. The molecular formula is C15H24O2Si. The molecule has 1 aromatic carbocycles. The van der Waals surface area contributed by atoms with Crippen LogP contribution in [0.15, 0.2) is 30.8 Å². The van der Waals surface area contributed by atoms with E-state index in [-0.39, 0.29) is 0 Å². The minimum atomic E-state index is -1.98. The Hall–Kier alpha value is -0.903. The van der Waals surface area contributed by atoms with Crippen molar-refractivity contribution in [2.24, 2.45) is 0 Å². The summed E-state index contributed by atoms with van der Waals surface area (Å²) >= 11 is 0. The van der Waals surface area contributed by atoms with Gasteiger partial charge in [0.15, 0.2) is 0 Å². The average Bonchev–Trinajstić information content (AvgIpc) is 2.44. The lowest BCUT2D eigenvalue weighted by molar-refractivity contribution is 0.189. The number of benzene rings is 1. The summed E-state index contributed by atoms with van der Waals surface area (Å²) < 4.78 is 11.8. The van der Waals surface area contributed by atoms with Gasteiger partial charge in [-0.05, 0) is 29.3 Å². The lowest BCUT2D eigenvalue weighted by Crippen LogP contribution is -2.39. The van der Waals surface area contributed by atoms with Gasteiger partial charge in [0.1, 0.15) is 0 Å². The van der Waals surface area contributed by atoms with Gasteiger partial charge >= 0.3 is 8.56 Å². The summed E-state index contributed by atoms with van der Waals surface area (Å²) in [5.74, 6) is 0. The van der Waals surface area contributed by atoms with Crippen LogP contribution in [0.2, 0.25) is 12.1 Å². The van der Waals surface area contributed by atoms with Crippen molar-refractivity contribution >= 4 is 14.6 Å². The van der Waals surface area contributed by atoms with Gasteiger partial charge < -0.3 is 8.85 Å². The molecule has 2 nitrogen and oxygen atoms in total. The lowest BCUT2D eigenvalue weighted by atomic mass is 10.1. The van der Waals surface area contributed by atoms with Crippen molar-refractivity contribution in [2.75, 3.05) is 7.11 Å². The largest absolute Gasteiger partial charge is 0.398 e. The zero-order valence-electron chi connectivity index (χ0n) is 11.7. The molecule has 3 heteroatoms. The molecule has 1 unspecified atom stereocenters. The molecule has 0 heterocycles. The molecule has 0 radical (unpaired) electrons. The fourth-order valence-electron chi connectivity index (χ4n) is 2.06. The smallest absolute Gasteiger partial charge is 0.337 e. The third-order valence-electron chi connectivity index (χ3n) is 3.23. The maximum atomic E-state index is 6.14. The number of hydrogen-bond acceptors (Lipinski definition) is 2. The normalized spacial score (nSPS) is 14.2. The van der Waals surface area contributed by atoms with E-state index in [1.165, 1.54) is 5.56 Å². The summed E-state index contributed by atoms with van der Waals surface area (Å²) in [6.45, 7) is 8.76. The van der Waals surface area contributed by atoms with Crippen LogP contribution in [0.4, 0.5) is 0 Å². The fourth-order valence-corrected chi connectivity index (χ4v) is 4.57. The molecule has 0 bridgehead atoms. The molecule has 1 rings (SSSR count). The minimum absolute atomic E-state index is 0.635. The van der Waals surface area contributed by atoms with E-state index in [1.807, 2.05) is 18.2 Å². The Bertz CT molecular complexity index is 373. The molecule has 0 aliphatic carbocycles. The first-order valence-corrected chi connectivity index (χ1v) is 8.83. The molecule has 18 heavy (non-hydrogen) atoms. The molecule has 1 aromatic rings. The number of rotatable bonds is 8. The highest BCUT2D eigenvalue weighted by molar-refractivity contribution is 6.67. The maximum Gasteiger partial charge on any atom is 0.337 e. The Labute approximate surface area is 112 Å². The summed E-state index contributed by atoms with van der Waals surface area (Å²) in [5.41, 5.74) is 2.32. The van der Waals surface area contributed by atoms with Gasteiger partial charge in [-0.15, -0.1) is 0 Å². The van der Waals surface area contributed by atoms with Crippen LogP contribution in [0.1, 0.15) is 31.4 Å². The van der Waals surface area contributed by atoms with E-state index in [2.05, 4.69) is 32.6 Å². The van der Waals surface area contributed by atoms with E-state index in [4.69, 9.17) is 8.85 Å². The summed E-state index contributed by atoms with van der Waals surface area (Å²) in [7, 11) is -0.196. The second-order valence-electron chi connectivity index (χ2n) is 4.46. The molecule has 0 spiro atoms. The third-order valence-corrected chi connectivity index (χ3v) is 6.98. The molecule has 1 atom stereocenters. The van der Waals surface area contributed by atoms with Crippen molar-refractivity contribution in [3.8, 4) is 0 Å². The highest BCUT2D eigenvalue weighted by Gasteiger charge is 2.33. The van der Waals surface area contributed by atoms with Gasteiger partial charge in [0.2, 0.25) is 0 Å². The van der Waals surface area contributed by atoms with Gasteiger partial charge in [-0.25, -0.2) is 0 Å². The van der Waals surface area contributed by atoms with Crippen LogP contribution >= 0.6 is 0 Å². The highest BCUT2D eigenvalue weighted by atomic mass is 28.4. The van der Waals surface area contributed by atoms with Crippen molar-refractivity contribution in [2.45, 2.75) is 39.0 Å². The SMILES string of the molecule is C=Cc1cccc(CO[Si](CC)(CCC)OC)c1. The first-order valence-electron chi connectivity index (χ1n) is 6.60. The standard InChI is InChI=1S/C15H24O2Si/c1-5-11-18(7-3,16-4)17-13-15-10-8-9-14(6-2)12-15/h6,8-10,12H,2,5,7,11,13H2,1,3-4H3. The summed E-state index contributed by atoms with van der Waals surface area (Å²) in [4.78, 5) is 0. The van der Waals surface area contributed by atoms with Gasteiger partial charge in [-0.3, -0.25) is 0 Å². The Morgan fingerprint density at radius 3 is 2.67 bits per heavy atom. The van der Waals surface area contributed by atoms with E-state index < -0.39 is 8.56 Å². The Morgan fingerprint density at radius 2 is 2.11 bits per heavy atom. The van der Waals surface area contributed by atoms with Gasteiger partial charge in [0, 0.05) is 7.11 Å². The van der Waals surface area contributed by atoms with Crippen LogP contribution < -0.4 is 0 Å². The molecule has 0 N–H and O–H groups in total. The molecule has 100 valence electrons. The molecule has 0 saturated carbocycles. The van der Waals surface area contributed by atoms with Crippen LogP contribution in [0, 0.1) is 0 Å². The highest BCUT2D eigenvalue weighted by Crippen LogP contribution is 2.22. The first kappa shape index (κ1) is 15.2. The molecule has 0 fully saturated rings. The molecule has 0 aliphatic rings. The second kappa shape index (κ2) is 7.51. The van der Waals surface area contributed by atoms with Crippen molar-refractivity contribution < 1.29 is 8.85 Å². The Morgan fingerprint density at radius 1 is 1.33 bits per heavy atom. The topological polar surface area (TPSA) is 18.5 Å². The monoisotopic (exact) mass is 264 g/mol. The van der Waals surface area contributed by atoms with Gasteiger partial charge in [-0.2, -0.15) is 0 Å².